The SMILES string of the molecule is CC(C)(CN)COCOCC[Si](C)(C)C. The van der Waals surface area contributed by atoms with Gasteiger partial charge in [-0.05, 0) is 12.6 Å². The molecule has 0 heterocycles. The van der Waals surface area contributed by atoms with Gasteiger partial charge in [0.15, 0.2) is 0 Å². The molecule has 92 valence electrons. The van der Waals surface area contributed by atoms with E-state index in [2.05, 4.69) is 33.5 Å². The zero-order chi connectivity index (χ0) is 11.9. The largest absolute Gasteiger partial charge is 0.356 e. The molecule has 0 saturated carbocycles. The Kier molecular flexibility index (Phi) is 6.67. The molecule has 0 spiro atoms. The van der Waals surface area contributed by atoms with Gasteiger partial charge in [0.25, 0.3) is 0 Å². The van der Waals surface area contributed by atoms with Gasteiger partial charge in [0.05, 0.1) is 6.61 Å². The Morgan fingerprint density at radius 3 is 2.20 bits per heavy atom. The monoisotopic (exact) mass is 233 g/mol. The van der Waals surface area contributed by atoms with Crippen molar-refractivity contribution in [2.75, 3.05) is 26.6 Å². The zero-order valence-corrected chi connectivity index (χ0v) is 11.9. The van der Waals surface area contributed by atoms with Crippen LogP contribution >= 0.6 is 0 Å². The minimum absolute atomic E-state index is 0.0577. The molecule has 3 nitrogen and oxygen atoms in total. The predicted molar refractivity (Wildman–Crippen MR) is 67.8 cm³/mol. The van der Waals surface area contributed by atoms with E-state index in [4.69, 9.17) is 15.2 Å². The summed E-state index contributed by atoms with van der Waals surface area (Å²) in [5.74, 6) is 0. The maximum absolute atomic E-state index is 5.59. The standard InChI is InChI=1S/C11H27NO2Si/c1-11(2,8-12)9-14-10-13-6-7-15(3,4)5/h6-10,12H2,1-5H3. The highest BCUT2D eigenvalue weighted by atomic mass is 28.3. The Labute approximate surface area is 95.3 Å². The first-order chi connectivity index (χ1) is 6.77. The minimum atomic E-state index is -0.961. The third-order valence-corrected chi connectivity index (χ3v) is 3.91. The van der Waals surface area contributed by atoms with Crippen molar-refractivity contribution in [3.63, 3.8) is 0 Å². The van der Waals surface area contributed by atoms with Gasteiger partial charge < -0.3 is 15.2 Å². The van der Waals surface area contributed by atoms with Crippen LogP contribution in [0.25, 0.3) is 0 Å². The average molecular weight is 233 g/mol. The molecule has 0 radical (unpaired) electrons. The molecule has 15 heavy (non-hydrogen) atoms. The molecule has 2 N–H and O–H groups in total. The second-order valence-electron chi connectivity index (χ2n) is 6.05. The van der Waals surface area contributed by atoms with Crippen LogP contribution in [0.4, 0.5) is 0 Å². The molecule has 0 aromatic heterocycles. The molecule has 0 unspecified atom stereocenters. The summed E-state index contributed by atoms with van der Waals surface area (Å²) in [6.45, 7) is 13.7. The molecule has 0 rings (SSSR count). The fourth-order valence-corrected chi connectivity index (χ4v) is 1.63. The van der Waals surface area contributed by atoms with Gasteiger partial charge in [0.2, 0.25) is 0 Å². The first-order valence-electron chi connectivity index (χ1n) is 5.62. The van der Waals surface area contributed by atoms with E-state index in [1.54, 1.807) is 0 Å². The fraction of sp³-hybridized carbons (Fsp3) is 1.00. The van der Waals surface area contributed by atoms with Crippen molar-refractivity contribution in [1.82, 2.24) is 0 Å². The second-order valence-corrected chi connectivity index (χ2v) is 11.7. The number of hydrogen-bond acceptors (Lipinski definition) is 3. The van der Waals surface area contributed by atoms with Crippen LogP contribution in [0.15, 0.2) is 0 Å². The highest BCUT2D eigenvalue weighted by Gasteiger charge is 2.15. The van der Waals surface area contributed by atoms with Crippen molar-refractivity contribution >= 4 is 8.07 Å². The van der Waals surface area contributed by atoms with Crippen LogP contribution in [0.1, 0.15) is 13.8 Å². The van der Waals surface area contributed by atoms with Crippen molar-refractivity contribution in [1.29, 1.82) is 0 Å². The van der Waals surface area contributed by atoms with E-state index in [1.165, 1.54) is 6.04 Å². The Morgan fingerprint density at radius 1 is 1.13 bits per heavy atom. The first kappa shape index (κ1) is 15.1. The van der Waals surface area contributed by atoms with Gasteiger partial charge in [-0.2, -0.15) is 0 Å². The van der Waals surface area contributed by atoms with Crippen molar-refractivity contribution < 1.29 is 9.47 Å². The van der Waals surface area contributed by atoms with E-state index in [0.717, 1.165) is 6.61 Å². The lowest BCUT2D eigenvalue weighted by Crippen LogP contribution is -2.29. The van der Waals surface area contributed by atoms with E-state index in [-0.39, 0.29) is 5.41 Å². The van der Waals surface area contributed by atoms with Crippen LogP contribution < -0.4 is 5.73 Å². The van der Waals surface area contributed by atoms with Gasteiger partial charge in [-0.3, -0.25) is 0 Å². The van der Waals surface area contributed by atoms with Crippen LogP contribution in [0.3, 0.4) is 0 Å². The smallest absolute Gasteiger partial charge is 0.146 e. The molecule has 0 bridgehead atoms. The summed E-state index contributed by atoms with van der Waals surface area (Å²) in [6.07, 6.45) is 0. The van der Waals surface area contributed by atoms with E-state index in [9.17, 15) is 0 Å². The summed E-state index contributed by atoms with van der Waals surface area (Å²) in [5, 5.41) is 0. The Hall–Kier alpha value is 0.0969. The van der Waals surface area contributed by atoms with E-state index >= 15 is 0 Å². The molecule has 0 aromatic carbocycles. The van der Waals surface area contributed by atoms with Gasteiger partial charge in [-0.15, -0.1) is 0 Å². The van der Waals surface area contributed by atoms with Gasteiger partial charge in [0.1, 0.15) is 6.79 Å². The van der Waals surface area contributed by atoms with E-state index in [1.807, 2.05) is 0 Å². The maximum Gasteiger partial charge on any atom is 0.146 e. The summed E-state index contributed by atoms with van der Waals surface area (Å²) in [6, 6.07) is 1.19. The van der Waals surface area contributed by atoms with Crippen LogP contribution in [-0.2, 0) is 9.47 Å². The van der Waals surface area contributed by atoms with Crippen LogP contribution in [0, 0.1) is 5.41 Å². The third kappa shape index (κ3) is 10.4. The predicted octanol–water partition coefficient (Wildman–Crippen LogP) is 2.30. The molecule has 0 aliphatic heterocycles. The van der Waals surface area contributed by atoms with Crippen LogP contribution in [-0.4, -0.2) is 34.6 Å². The zero-order valence-electron chi connectivity index (χ0n) is 10.9. The van der Waals surface area contributed by atoms with Crippen molar-refractivity contribution in [2.45, 2.75) is 39.5 Å². The molecule has 0 aliphatic rings. The Bertz CT molecular complexity index is 166. The van der Waals surface area contributed by atoms with Crippen LogP contribution in [0.5, 0.6) is 0 Å². The van der Waals surface area contributed by atoms with Crippen molar-refractivity contribution in [2.24, 2.45) is 11.1 Å². The first-order valence-corrected chi connectivity index (χ1v) is 9.33. The van der Waals surface area contributed by atoms with Gasteiger partial charge in [-0.25, -0.2) is 0 Å². The number of hydrogen-bond donors (Lipinski definition) is 1. The normalized spacial score (nSPS) is 13.2. The average Bonchev–Trinajstić information content (AvgIpc) is 2.09. The lowest BCUT2D eigenvalue weighted by molar-refractivity contribution is -0.0717. The summed E-state index contributed by atoms with van der Waals surface area (Å²) in [4.78, 5) is 0. The second kappa shape index (κ2) is 6.63. The molecule has 0 atom stereocenters. The van der Waals surface area contributed by atoms with Crippen molar-refractivity contribution in [3.8, 4) is 0 Å². The topological polar surface area (TPSA) is 44.5 Å². The molecule has 4 heteroatoms. The van der Waals surface area contributed by atoms with Gasteiger partial charge in [-0.1, -0.05) is 33.5 Å². The summed E-state index contributed by atoms with van der Waals surface area (Å²) in [5.41, 5.74) is 5.65. The number of nitrogens with two attached hydrogens (primary N) is 1. The molecule has 0 amide bonds. The summed E-state index contributed by atoms with van der Waals surface area (Å²) < 4.78 is 10.8. The quantitative estimate of drug-likeness (QED) is 0.397. The summed E-state index contributed by atoms with van der Waals surface area (Å²) in [7, 11) is -0.961. The number of ether oxygens (including phenoxy) is 2. The lowest BCUT2D eigenvalue weighted by Gasteiger charge is -2.22. The molecule has 0 saturated heterocycles. The Balaban J connectivity index is 3.33. The maximum atomic E-state index is 5.59. The molecule has 0 aromatic rings. The van der Waals surface area contributed by atoms with Gasteiger partial charge in [0, 0.05) is 20.1 Å². The molecular formula is C11H27NO2Si. The highest BCUT2D eigenvalue weighted by Crippen LogP contribution is 2.12. The van der Waals surface area contributed by atoms with Gasteiger partial charge >= 0.3 is 0 Å². The molecular weight excluding hydrogens is 206 g/mol. The molecule has 0 aliphatic carbocycles. The Morgan fingerprint density at radius 2 is 1.73 bits per heavy atom. The third-order valence-electron chi connectivity index (χ3n) is 2.21. The lowest BCUT2D eigenvalue weighted by atomic mass is 9.96. The van der Waals surface area contributed by atoms with E-state index < -0.39 is 8.07 Å². The summed E-state index contributed by atoms with van der Waals surface area (Å²) >= 11 is 0. The minimum Gasteiger partial charge on any atom is -0.356 e. The molecule has 0 fully saturated rings. The van der Waals surface area contributed by atoms with Crippen molar-refractivity contribution in [3.05, 3.63) is 0 Å². The van der Waals surface area contributed by atoms with Crippen LogP contribution in [0.2, 0.25) is 25.7 Å². The number of rotatable bonds is 8. The highest BCUT2D eigenvalue weighted by molar-refractivity contribution is 6.76. The van der Waals surface area contributed by atoms with E-state index in [0.29, 0.717) is 19.9 Å². The fourth-order valence-electron chi connectivity index (χ4n) is 0.873.